The first-order valence-electron chi connectivity index (χ1n) is 8.81. The van der Waals surface area contributed by atoms with E-state index < -0.39 is 0 Å². The van der Waals surface area contributed by atoms with Gasteiger partial charge < -0.3 is 19.1 Å². The number of benzene rings is 1. The quantitative estimate of drug-likeness (QED) is 0.831. The van der Waals surface area contributed by atoms with Crippen LogP contribution in [0, 0.1) is 0 Å². The Morgan fingerprint density at radius 2 is 2.08 bits per heavy atom. The Balaban J connectivity index is 1.54. The van der Waals surface area contributed by atoms with E-state index in [2.05, 4.69) is 19.9 Å². The summed E-state index contributed by atoms with van der Waals surface area (Å²) < 4.78 is 17.4. The Morgan fingerprint density at radius 3 is 2.79 bits per heavy atom. The fourth-order valence-corrected chi connectivity index (χ4v) is 3.44. The molecule has 0 aromatic heterocycles. The molecule has 0 radical (unpaired) electrons. The molecule has 3 rings (SSSR count). The number of rotatable bonds is 5. The Labute approximate surface area is 143 Å². The summed E-state index contributed by atoms with van der Waals surface area (Å²) in [4.78, 5) is 14.2. The molecule has 1 aromatic carbocycles. The van der Waals surface area contributed by atoms with Crippen LogP contribution in [0.4, 0.5) is 0 Å². The first kappa shape index (κ1) is 17.1. The van der Waals surface area contributed by atoms with E-state index in [9.17, 15) is 4.79 Å². The predicted octanol–water partition coefficient (Wildman–Crippen LogP) is 2.81. The number of nitrogens with zero attached hydrogens (tertiary/aromatic N) is 1. The Kier molecular flexibility index (Phi) is 4.99. The van der Waals surface area contributed by atoms with Crippen LogP contribution in [-0.4, -0.2) is 48.8 Å². The molecule has 1 amide bonds. The third-order valence-electron chi connectivity index (χ3n) is 4.60. The van der Waals surface area contributed by atoms with Gasteiger partial charge in [-0.25, -0.2) is 0 Å². The maximum atomic E-state index is 12.4. The van der Waals surface area contributed by atoms with Crippen molar-refractivity contribution in [3.8, 4) is 11.5 Å². The number of para-hydroxylation sites is 1. The minimum atomic E-state index is -0.215. The smallest absolute Gasteiger partial charge is 0.260 e. The monoisotopic (exact) mass is 333 g/mol. The van der Waals surface area contributed by atoms with E-state index in [-0.39, 0.29) is 24.2 Å². The van der Waals surface area contributed by atoms with Gasteiger partial charge in [0.25, 0.3) is 5.91 Å². The summed E-state index contributed by atoms with van der Waals surface area (Å²) in [5.74, 6) is 1.47. The molecule has 0 unspecified atom stereocenters. The average molecular weight is 333 g/mol. The minimum Gasteiger partial charge on any atom is -0.483 e. The number of likely N-dealkylation sites (tertiary alicyclic amines) is 1. The van der Waals surface area contributed by atoms with Crippen LogP contribution in [0.25, 0.3) is 0 Å². The van der Waals surface area contributed by atoms with Crippen molar-refractivity contribution >= 4 is 5.91 Å². The highest BCUT2D eigenvalue weighted by Gasteiger charge is 2.32. The maximum Gasteiger partial charge on any atom is 0.260 e. The summed E-state index contributed by atoms with van der Waals surface area (Å²) >= 11 is 0. The first-order valence-corrected chi connectivity index (χ1v) is 8.81. The highest BCUT2D eigenvalue weighted by Crippen LogP contribution is 2.41. The standard InChI is InChI=1S/C19H27NO4/c1-4-22-15-8-10-20(11-9-15)17(21)13-23-16-7-5-6-14-12-19(2,3)24-18(14)16/h5-7,15H,4,8-13H2,1-3H3. The number of amides is 1. The number of hydrogen-bond acceptors (Lipinski definition) is 4. The fraction of sp³-hybridized carbons (Fsp3) is 0.632. The van der Waals surface area contributed by atoms with Crippen LogP contribution >= 0.6 is 0 Å². The van der Waals surface area contributed by atoms with Crippen molar-refractivity contribution in [3.63, 3.8) is 0 Å². The topological polar surface area (TPSA) is 48.0 Å². The van der Waals surface area contributed by atoms with Gasteiger partial charge in [-0.3, -0.25) is 4.79 Å². The molecule has 0 atom stereocenters. The van der Waals surface area contributed by atoms with Crippen LogP contribution in [0.5, 0.6) is 11.5 Å². The molecule has 5 heteroatoms. The Bertz CT molecular complexity index is 591. The van der Waals surface area contributed by atoms with Crippen molar-refractivity contribution in [1.29, 1.82) is 0 Å². The summed E-state index contributed by atoms with van der Waals surface area (Å²) in [7, 11) is 0. The molecule has 2 aliphatic rings. The van der Waals surface area contributed by atoms with Crippen molar-refractivity contribution < 1.29 is 19.0 Å². The number of carbonyl (C=O) groups excluding carboxylic acids is 1. The molecule has 0 spiro atoms. The largest absolute Gasteiger partial charge is 0.483 e. The van der Waals surface area contributed by atoms with Crippen LogP contribution in [0.2, 0.25) is 0 Å². The van der Waals surface area contributed by atoms with E-state index in [0.717, 1.165) is 50.3 Å². The van der Waals surface area contributed by atoms with Gasteiger partial charge >= 0.3 is 0 Å². The van der Waals surface area contributed by atoms with Gasteiger partial charge in [0.05, 0.1) is 6.10 Å². The van der Waals surface area contributed by atoms with E-state index in [1.807, 2.05) is 24.0 Å². The Morgan fingerprint density at radius 1 is 1.33 bits per heavy atom. The number of hydrogen-bond donors (Lipinski definition) is 0. The van der Waals surface area contributed by atoms with Gasteiger partial charge in [-0.05, 0) is 39.7 Å². The van der Waals surface area contributed by atoms with Crippen LogP contribution in [-0.2, 0) is 16.0 Å². The van der Waals surface area contributed by atoms with E-state index in [1.54, 1.807) is 0 Å². The zero-order valence-corrected chi connectivity index (χ0v) is 14.8. The number of fused-ring (bicyclic) bond motifs is 1. The predicted molar refractivity (Wildman–Crippen MR) is 91.6 cm³/mol. The zero-order valence-electron chi connectivity index (χ0n) is 14.8. The van der Waals surface area contributed by atoms with E-state index in [1.165, 1.54) is 0 Å². The lowest BCUT2D eigenvalue weighted by molar-refractivity contribution is -0.135. The van der Waals surface area contributed by atoms with Gasteiger partial charge in [0.1, 0.15) is 5.60 Å². The first-order chi connectivity index (χ1) is 11.5. The van der Waals surface area contributed by atoms with Crippen molar-refractivity contribution in [2.45, 2.75) is 51.7 Å². The molecule has 2 aliphatic heterocycles. The molecule has 1 fully saturated rings. The molecule has 1 aromatic rings. The molecule has 1 saturated heterocycles. The third-order valence-corrected chi connectivity index (χ3v) is 4.60. The molecular weight excluding hydrogens is 306 g/mol. The molecule has 0 bridgehead atoms. The van der Waals surface area contributed by atoms with Crippen LogP contribution in [0.15, 0.2) is 18.2 Å². The van der Waals surface area contributed by atoms with Crippen LogP contribution in [0.3, 0.4) is 0 Å². The second-order valence-corrected chi connectivity index (χ2v) is 7.11. The maximum absolute atomic E-state index is 12.4. The highest BCUT2D eigenvalue weighted by molar-refractivity contribution is 5.78. The Hall–Kier alpha value is -1.75. The summed E-state index contributed by atoms with van der Waals surface area (Å²) in [6, 6.07) is 5.88. The van der Waals surface area contributed by atoms with Gasteiger partial charge in [-0.2, -0.15) is 0 Å². The molecule has 0 saturated carbocycles. The SMILES string of the molecule is CCOC1CCN(C(=O)COc2cccc3c2OC(C)(C)C3)CC1. The van der Waals surface area contributed by atoms with Gasteiger partial charge in [-0.15, -0.1) is 0 Å². The van der Waals surface area contributed by atoms with Crippen molar-refractivity contribution in [2.24, 2.45) is 0 Å². The fourth-order valence-electron chi connectivity index (χ4n) is 3.44. The van der Waals surface area contributed by atoms with Crippen molar-refractivity contribution in [1.82, 2.24) is 4.90 Å². The number of piperidine rings is 1. The molecule has 0 aliphatic carbocycles. The summed E-state index contributed by atoms with van der Waals surface area (Å²) in [5, 5.41) is 0. The van der Waals surface area contributed by atoms with Gasteiger partial charge in [0.2, 0.25) is 0 Å². The van der Waals surface area contributed by atoms with Gasteiger partial charge in [0.15, 0.2) is 18.1 Å². The molecule has 132 valence electrons. The zero-order chi connectivity index (χ0) is 17.2. The molecule has 24 heavy (non-hydrogen) atoms. The second-order valence-electron chi connectivity index (χ2n) is 7.11. The lowest BCUT2D eigenvalue weighted by Gasteiger charge is -2.31. The summed E-state index contributed by atoms with van der Waals surface area (Å²) in [6.45, 7) is 8.39. The second kappa shape index (κ2) is 7.01. The van der Waals surface area contributed by atoms with Crippen LogP contribution < -0.4 is 9.47 Å². The summed E-state index contributed by atoms with van der Waals surface area (Å²) in [6.07, 6.45) is 2.95. The lowest BCUT2D eigenvalue weighted by atomic mass is 10.0. The normalized spacial score (nSPS) is 19.7. The van der Waals surface area contributed by atoms with Crippen LogP contribution in [0.1, 0.15) is 39.2 Å². The van der Waals surface area contributed by atoms with E-state index in [4.69, 9.17) is 14.2 Å². The summed E-state index contributed by atoms with van der Waals surface area (Å²) in [5.41, 5.74) is 0.926. The van der Waals surface area contributed by atoms with Gasteiger partial charge in [0, 0.05) is 31.7 Å². The molecule has 2 heterocycles. The van der Waals surface area contributed by atoms with Gasteiger partial charge in [-0.1, -0.05) is 12.1 Å². The van der Waals surface area contributed by atoms with Crippen molar-refractivity contribution in [2.75, 3.05) is 26.3 Å². The van der Waals surface area contributed by atoms with E-state index >= 15 is 0 Å². The molecule has 0 N–H and O–H groups in total. The molecule has 5 nitrogen and oxygen atoms in total. The highest BCUT2D eigenvalue weighted by atomic mass is 16.5. The van der Waals surface area contributed by atoms with E-state index in [0.29, 0.717) is 5.75 Å². The lowest BCUT2D eigenvalue weighted by Crippen LogP contribution is -2.43. The minimum absolute atomic E-state index is 0.0276. The van der Waals surface area contributed by atoms with Crippen molar-refractivity contribution in [3.05, 3.63) is 23.8 Å². The third kappa shape index (κ3) is 3.83. The average Bonchev–Trinajstić information content (AvgIpc) is 2.88. The number of ether oxygens (including phenoxy) is 3. The molecular formula is C19H27NO4. The number of carbonyl (C=O) groups is 1.